The Hall–Kier alpha value is -3.04. The van der Waals surface area contributed by atoms with E-state index in [1.54, 1.807) is 0 Å². The van der Waals surface area contributed by atoms with E-state index in [2.05, 4.69) is 16.5 Å². The van der Waals surface area contributed by atoms with Crippen molar-refractivity contribution in [2.45, 2.75) is 67.8 Å². The molecule has 1 N–H and O–H groups in total. The highest BCUT2D eigenvalue weighted by atomic mass is 32.2. The number of hydrogen-bond donors (Lipinski definition) is 1. The molecule has 46 heavy (non-hydrogen) atoms. The molecule has 2 aromatic carbocycles. The fraction of sp³-hybridized carbons (Fsp3) is 0.500. The minimum absolute atomic E-state index is 0.108. The Morgan fingerprint density at radius 1 is 1.17 bits per heavy atom. The molecule has 246 valence electrons. The first-order valence-electron chi connectivity index (χ1n) is 15.3. The van der Waals surface area contributed by atoms with E-state index in [0.29, 0.717) is 32.3 Å². The van der Waals surface area contributed by atoms with Gasteiger partial charge in [0.15, 0.2) is 0 Å². The van der Waals surface area contributed by atoms with Crippen LogP contribution in [0.5, 0.6) is 0 Å². The van der Waals surface area contributed by atoms with Crippen LogP contribution >= 0.6 is 11.8 Å². The Kier molecular flexibility index (Phi) is 7.95. The average Bonchev–Trinajstić information content (AvgIpc) is 3.63. The molecule has 0 spiro atoms. The van der Waals surface area contributed by atoms with Crippen LogP contribution in [0.4, 0.5) is 27.8 Å². The van der Waals surface area contributed by atoms with Crippen LogP contribution in [0.3, 0.4) is 0 Å². The summed E-state index contributed by atoms with van der Waals surface area (Å²) in [4.78, 5) is 24.5. The number of ether oxygens (including phenoxy) is 1. The van der Waals surface area contributed by atoms with Crippen LogP contribution in [0.25, 0.3) is 22.0 Å². The fourth-order valence-electron chi connectivity index (χ4n) is 7.55. The van der Waals surface area contributed by atoms with Gasteiger partial charge >= 0.3 is 11.9 Å². The number of morpholine rings is 1. The molecule has 1 unspecified atom stereocenters. The topological polar surface area (TPSA) is 74.1 Å². The normalized spacial score (nSPS) is 27.5. The van der Waals surface area contributed by atoms with E-state index in [9.17, 15) is 27.5 Å². The van der Waals surface area contributed by atoms with E-state index in [0.717, 1.165) is 36.4 Å². The average molecular weight is 664 g/mol. The Morgan fingerprint density at radius 3 is 2.61 bits per heavy atom. The van der Waals surface area contributed by atoms with E-state index >= 15 is 4.39 Å². The van der Waals surface area contributed by atoms with E-state index in [1.807, 2.05) is 23.6 Å². The number of likely N-dealkylation sites (tertiary alicyclic amines) is 1. The second-order valence-corrected chi connectivity index (χ2v) is 13.7. The number of aliphatic hydroxyl groups is 1. The lowest BCUT2D eigenvalue weighted by Crippen LogP contribution is -2.59. The van der Waals surface area contributed by atoms with Crippen LogP contribution in [0.1, 0.15) is 31.9 Å². The first kappa shape index (κ1) is 31.6. The molecule has 4 aliphatic rings. The van der Waals surface area contributed by atoms with Gasteiger partial charge in [-0.25, -0.2) is 13.6 Å². The number of aliphatic hydroxyl groups excluding tert-OH is 1. The number of halogens is 5. The predicted molar refractivity (Wildman–Crippen MR) is 165 cm³/mol. The molecule has 0 aliphatic carbocycles. The quantitative estimate of drug-likeness (QED) is 0.296. The lowest BCUT2D eigenvalue weighted by molar-refractivity contribution is -0.137. The standard InChI is InChI=1S/C32H34F5N5O3S/c1-4-26(43)40-10-17(3)41(11-16(40)2)30-23-9-24(32(35,36)37)27(22-6-5-18(33)7-25(22)34)29-28(23)42(31(44)38-30)20(15-46-29)12-39-13-21-8-19(39)14-45-21/h4-7,9,16-17,19-21,26,43H,1,8,10-15H2,2-3H3/t16-,17+,19+,20+,21+,26?/m1/s1. The van der Waals surface area contributed by atoms with Crippen LogP contribution in [0.2, 0.25) is 0 Å². The highest BCUT2D eigenvalue weighted by molar-refractivity contribution is 7.99. The fourth-order valence-corrected chi connectivity index (χ4v) is 8.88. The van der Waals surface area contributed by atoms with Gasteiger partial charge in [0.1, 0.15) is 23.7 Å². The highest BCUT2D eigenvalue weighted by Crippen LogP contribution is 2.50. The molecule has 5 heterocycles. The van der Waals surface area contributed by atoms with E-state index < -0.39 is 52.5 Å². The summed E-state index contributed by atoms with van der Waals surface area (Å²) >= 11 is 1.15. The molecule has 6 atom stereocenters. The number of thioether (sulfide) groups is 1. The summed E-state index contributed by atoms with van der Waals surface area (Å²) in [5, 5.41) is 10.6. The van der Waals surface area contributed by atoms with Gasteiger partial charge in [-0.3, -0.25) is 14.4 Å². The Labute approximate surface area is 266 Å². The van der Waals surface area contributed by atoms with Gasteiger partial charge in [0.05, 0.1) is 29.8 Å². The number of benzene rings is 2. The molecule has 7 rings (SSSR count). The number of piperazine rings is 1. The number of fused-ring (bicyclic) bond motifs is 2. The maximum atomic E-state index is 15.3. The summed E-state index contributed by atoms with van der Waals surface area (Å²) < 4.78 is 81.3. The maximum absolute atomic E-state index is 15.3. The van der Waals surface area contributed by atoms with E-state index in [1.165, 1.54) is 10.6 Å². The van der Waals surface area contributed by atoms with Crippen LogP contribution in [0.15, 0.2) is 46.6 Å². The summed E-state index contributed by atoms with van der Waals surface area (Å²) in [5.41, 5.74) is -2.24. The van der Waals surface area contributed by atoms with Gasteiger partial charge in [0, 0.05) is 77.5 Å². The Morgan fingerprint density at radius 2 is 1.96 bits per heavy atom. The van der Waals surface area contributed by atoms with Crippen molar-refractivity contribution in [2.24, 2.45) is 0 Å². The van der Waals surface area contributed by atoms with Crippen molar-refractivity contribution < 1.29 is 31.8 Å². The van der Waals surface area contributed by atoms with Crippen molar-refractivity contribution in [3.05, 3.63) is 64.6 Å². The van der Waals surface area contributed by atoms with Crippen molar-refractivity contribution in [2.75, 3.05) is 43.4 Å². The van der Waals surface area contributed by atoms with Gasteiger partial charge in [0.2, 0.25) is 0 Å². The number of alkyl halides is 3. The third kappa shape index (κ3) is 5.22. The minimum atomic E-state index is -4.91. The first-order chi connectivity index (χ1) is 21.8. The summed E-state index contributed by atoms with van der Waals surface area (Å²) in [6.07, 6.45) is -3.40. The van der Waals surface area contributed by atoms with E-state index in [4.69, 9.17) is 4.74 Å². The lowest BCUT2D eigenvalue weighted by atomic mass is 9.95. The minimum Gasteiger partial charge on any atom is -0.375 e. The third-order valence-electron chi connectivity index (χ3n) is 9.75. The molecule has 2 bridgehead atoms. The van der Waals surface area contributed by atoms with Crippen molar-refractivity contribution in [1.29, 1.82) is 0 Å². The van der Waals surface area contributed by atoms with Crippen molar-refractivity contribution in [3.8, 4) is 11.1 Å². The van der Waals surface area contributed by atoms with Crippen molar-refractivity contribution in [3.63, 3.8) is 0 Å². The molecule has 3 saturated heterocycles. The molecular formula is C32H34F5N5O3S. The summed E-state index contributed by atoms with van der Waals surface area (Å²) in [6, 6.07) is 2.69. The third-order valence-corrected chi connectivity index (χ3v) is 11.0. The molecule has 4 aliphatic heterocycles. The smallest absolute Gasteiger partial charge is 0.375 e. The molecule has 0 amide bonds. The summed E-state index contributed by atoms with van der Waals surface area (Å²) in [5.74, 6) is -1.66. The SMILES string of the molecule is C=CC(O)N1C[C@H](C)N(c2nc(=O)n3c4c(c(-c5ccc(F)cc5F)c(C(F)(F)F)cc24)SC[C@@H]3CN2C[C@@H]3C[C@H]2CO3)C[C@H]1C. The molecule has 0 radical (unpaired) electrons. The number of aromatic nitrogens is 2. The van der Waals surface area contributed by atoms with Crippen LogP contribution in [-0.4, -0.2) is 93.5 Å². The zero-order valence-corrected chi connectivity index (χ0v) is 26.1. The Balaban J connectivity index is 1.46. The first-order valence-corrected chi connectivity index (χ1v) is 16.3. The lowest BCUT2D eigenvalue weighted by Gasteiger charge is -2.46. The zero-order valence-electron chi connectivity index (χ0n) is 25.3. The zero-order chi connectivity index (χ0) is 32.7. The number of nitrogens with zero attached hydrogens (tertiary/aromatic N) is 5. The second kappa shape index (κ2) is 11.6. The van der Waals surface area contributed by atoms with Crippen LogP contribution in [-0.2, 0) is 10.9 Å². The molecule has 3 fully saturated rings. The number of anilines is 1. The Bertz CT molecular complexity index is 1770. The molecule has 3 aromatic rings. The van der Waals surface area contributed by atoms with Gasteiger partial charge in [-0.05, 0) is 44.5 Å². The molecule has 14 heteroatoms. The van der Waals surface area contributed by atoms with Crippen molar-refractivity contribution >= 4 is 28.5 Å². The number of rotatable bonds is 6. The largest absolute Gasteiger partial charge is 0.417 e. The van der Waals surface area contributed by atoms with Gasteiger partial charge in [0.25, 0.3) is 0 Å². The van der Waals surface area contributed by atoms with Crippen molar-refractivity contribution in [1.82, 2.24) is 19.4 Å². The summed E-state index contributed by atoms with van der Waals surface area (Å²) in [7, 11) is 0. The monoisotopic (exact) mass is 663 g/mol. The second-order valence-electron chi connectivity index (χ2n) is 12.7. The maximum Gasteiger partial charge on any atom is 0.417 e. The van der Waals surface area contributed by atoms with Gasteiger partial charge < -0.3 is 14.7 Å². The van der Waals surface area contributed by atoms with Gasteiger partial charge in [-0.2, -0.15) is 18.2 Å². The highest BCUT2D eigenvalue weighted by Gasteiger charge is 2.43. The van der Waals surface area contributed by atoms with Crippen LogP contribution in [0, 0.1) is 11.6 Å². The molecular weight excluding hydrogens is 629 g/mol. The molecule has 1 aromatic heterocycles. The number of hydrogen-bond acceptors (Lipinski definition) is 8. The van der Waals surface area contributed by atoms with Crippen LogP contribution < -0.4 is 10.6 Å². The van der Waals surface area contributed by atoms with E-state index in [-0.39, 0.29) is 58.1 Å². The van der Waals surface area contributed by atoms with Gasteiger partial charge in [-0.1, -0.05) is 6.58 Å². The molecule has 8 nitrogen and oxygen atoms in total. The van der Waals surface area contributed by atoms with Gasteiger partial charge in [-0.15, -0.1) is 11.8 Å². The predicted octanol–water partition coefficient (Wildman–Crippen LogP) is 4.88. The summed E-state index contributed by atoms with van der Waals surface area (Å²) in [6.45, 7) is 9.80. The molecule has 0 saturated carbocycles.